The van der Waals surface area contributed by atoms with Crippen LogP contribution in [0.15, 0.2) is 24.3 Å². The number of fused-ring (bicyclic) bond motifs is 5. The van der Waals surface area contributed by atoms with E-state index in [1.165, 1.54) is 7.11 Å². The van der Waals surface area contributed by atoms with Crippen molar-refractivity contribution in [3.8, 4) is 0 Å². The van der Waals surface area contributed by atoms with Gasteiger partial charge in [-0.05, 0) is 37.2 Å². The Morgan fingerprint density at radius 1 is 1.41 bits per heavy atom. The van der Waals surface area contributed by atoms with E-state index >= 15 is 0 Å². The lowest BCUT2D eigenvalue weighted by Crippen LogP contribution is -2.46. The monoisotopic (exact) mass is 232 g/mol. The molecule has 0 N–H and O–H groups in total. The number of carbonyl (C=O) groups is 2. The number of allylic oxidation sites excluding steroid dienone is 3. The molecule has 0 aromatic carbocycles. The Labute approximate surface area is 101 Å². The van der Waals surface area contributed by atoms with Crippen LogP contribution in [-0.4, -0.2) is 18.9 Å². The Hall–Kier alpha value is -1.38. The second kappa shape index (κ2) is 3.31. The van der Waals surface area contributed by atoms with E-state index in [4.69, 9.17) is 4.74 Å². The smallest absolute Gasteiger partial charge is 0.315 e. The second-order valence-corrected chi connectivity index (χ2v) is 5.51. The maximum absolute atomic E-state index is 12.0. The molecule has 3 heteroatoms. The van der Waals surface area contributed by atoms with Crippen molar-refractivity contribution < 1.29 is 14.3 Å². The molecule has 0 aliphatic heterocycles. The molecular weight excluding hydrogens is 216 g/mol. The van der Waals surface area contributed by atoms with Crippen molar-refractivity contribution in [1.82, 2.24) is 0 Å². The molecule has 3 rings (SSSR count). The Kier molecular flexibility index (Phi) is 2.09. The van der Waals surface area contributed by atoms with Crippen molar-refractivity contribution in [1.29, 1.82) is 0 Å². The molecule has 1 saturated carbocycles. The largest absolute Gasteiger partial charge is 0.468 e. The van der Waals surface area contributed by atoms with Crippen LogP contribution in [-0.2, 0) is 14.3 Å². The highest BCUT2D eigenvalue weighted by molar-refractivity contribution is 5.97. The minimum Gasteiger partial charge on any atom is -0.468 e. The van der Waals surface area contributed by atoms with Gasteiger partial charge in [0.25, 0.3) is 0 Å². The van der Waals surface area contributed by atoms with E-state index < -0.39 is 5.41 Å². The summed E-state index contributed by atoms with van der Waals surface area (Å²) in [5, 5.41) is 0. The molecule has 0 spiro atoms. The molecule has 0 saturated heterocycles. The number of hydrogen-bond acceptors (Lipinski definition) is 3. The van der Waals surface area contributed by atoms with E-state index in [2.05, 4.69) is 12.2 Å². The van der Waals surface area contributed by atoms with Crippen LogP contribution in [0.5, 0.6) is 0 Å². The zero-order valence-corrected chi connectivity index (χ0v) is 10.1. The second-order valence-electron chi connectivity index (χ2n) is 5.51. The van der Waals surface area contributed by atoms with Crippen molar-refractivity contribution in [3.63, 3.8) is 0 Å². The molecule has 3 aliphatic rings. The van der Waals surface area contributed by atoms with Gasteiger partial charge in [0.2, 0.25) is 0 Å². The average Bonchev–Trinajstić information content (AvgIpc) is 2.94. The quantitative estimate of drug-likeness (QED) is 0.511. The van der Waals surface area contributed by atoms with E-state index in [1.54, 1.807) is 12.2 Å². The van der Waals surface area contributed by atoms with Gasteiger partial charge < -0.3 is 4.74 Å². The summed E-state index contributed by atoms with van der Waals surface area (Å²) >= 11 is 0. The molecule has 2 bridgehead atoms. The Morgan fingerprint density at radius 3 is 2.82 bits per heavy atom. The molecule has 17 heavy (non-hydrogen) atoms. The van der Waals surface area contributed by atoms with Gasteiger partial charge in [0, 0.05) is 5.92 Å². The lowest BCUT2D eigenvalue weighted by atomic mass is 9.62. The molecule has 0 aromatic rings. The standard InChI is InChI=1S/C14H16O3/c1-14(13(16)17-2)6-5-10(15)11-8-3-4-9(7-8)12(11)14/h3-6,8-9,11-12H,7H2,1-2H3/t8-,9+,11+,12+,14-/m1/s1. The molecule has 0 unspecified atom stereocenters. The summed E-state index contributed by atoms with van der Waals surface area (Å²) in [6.07, 6.45) is 8.64. The van der Waals surface area contributed by atoms with Gasteiger partial charge in [0.1, 0.15) is 0 Å². The molecule has 5 atom stereocenters. The third-order valence-corrected chi connectivity index (χ3v) is 4.70. The summed E-state index contributed by atoms with van der Waals surface area (Å²) in [5.41, 5.74) is -0.641. The summed E-state index contributed by atoms with van der Waals surface area (Å²) in [4.78, 5) is 24.0. The number of carbonyl (C=O) groups excluding carboxylic acids is 2. The van der Waals surface area contributed by atoms with E-state index in [-0.39, 0.29) is 23.6 Å². The first-order valence-corrected chi connectivity index (χ1v) is 6.08. The van der Waals surface area contributed by atoms with Gasteiger partial charge in [0.15, 0.2) is 5.78 Å². The third-order valence-electron chi connectivity index (χ3n) is 4.70. The Bertz CT molecular complexity index is 448. The molecule has 1 fully saturated rings. The maximum atomic E-state index is 12.0. The predicted molar refractivity (Wildman–Crippen MR) is 62.0 cm³/mol. The molecule has 3 aliphatic carbocycles. The molecule has 90 valence electrons. The predicted octanol–water partition coefficient (Wildman–Crippen LogP) is 1.74. The van der Waals surface area contributed by atoms with Gasteiger partial charge in [-0.1, -0.05) is 18.2 Å². The fraction of sp³-hybridized carbons (Fsp3) is 0.571. The van der Waals surface area contributed by atoms with Gasteiger partial charge in [-0.15, -0.1) is 0 Å². The summed E-state index contributed by atoms with van der Waals surface area (Å²) < 4.78 is 4.92. The van der Waals surface area contributed by atoms with Crippen molar-refractivity contribution in [3.05, 3.63) is 24.3 Å². The van der Waals surface area contributed by atoms with E-state index in [9.17, 15) is 9.59 Å². The number of ether oxygens (including phenoxy) is 1. The maximum Gasteiger partial charge on any atom is 0.315 e. The number of ketones is 1. The fourth-order valence-corrected chi connectivity index (χ4v) is 3.93. The van der Waals surface area contributed by atoms with Crippen LogP contribution in [0.25, 0.3) is 0 Å². The molecule has 0 radical (unpaired) electrons. The van der Waals surface area contributed by atoms with Crippen LogP contribution in [0, 0.1) is 29.1 Å². The number of rotatable bonds is 1. The first kappa shape index (κ1) is 10.8. The van der Waals surface area contributed by atoms with E-state index in [0.29, 0.717) is 11.8 Å². The van der Waals surface area contributed by atoms with Gasteiger partial charge in [-0.2, -0.15) is 0 Å². The summed E-state index contributed by atoms with van der Waals surface area (Å²) in [7, 11) is 1.41. The van der Waals surface area contributed by atoms with Gasteiger partial charge in [-0.25, -0.2) is 0 Å². The zero-order valence-electron chi connectivity index (χ0n) is 10.1. The zero-order chi connectivity index (χ0) is 12.2. The minimum absolute atomic E-state index is 0.0147. The van der Waals surface area contributed by atoms with E-state index in [1.807, 2.05) is 6.92 Å². The van der Waals surface area contributed by atoms with Crippen molar-refractivity contribution in [2.45, 2.75) is 13.3 Å². The van der Waals surface area contributed by atoms with Crippen LogP contribution < -0.4 is 0 Å². The van der Waals surface area contributed by atoms with Crippen LogP contribution in [0.2, 0.25) is 0 Å². The first-order chi connectivity index (χ1) is 8.08. The van der Waals surface area contributed by atoms with Gasteiger partial charge in [0.05, 0.1) is 12.5 Å². The van der Waals surface area contributed by atoms with Crippen molar-refractivity contribution in [2.75, 3.05) is 7.11 Å². The fourth-order valence-electron chi connectivity index (χ4n) is 3.93. The average molecular weight is 232 g/mol. The van der Waals surface area contributed by atoms with Gasteiger partial charge >= 0.3 is 5.97 Å². The number of methoxy groups -OCH3 is 1. The minimum atomic E-state index is -0.641. The van der Waals surface area contributed by atoms with Crippen molar-refractivity contribution in [2.24, 2.45) is 29.1 Å². The molecule has 0 heterocycles. The summed E-state index contributed by atoms with van der Waals surface area (Å²) in [6.45, 7) is 1.90. The normalized spacial score (nSPS) is 46.1. The topological polar surface area (TPSA) is 43.4 Å². The lowest BCUT2D eigenvalue weighted by molar-refractivity contribution is -0.154. The van der Waals surface area contributed by atoms with Crippen LogP contribution in [0.1, 0.15) is 13.3 Å². The highest BCUT2D eigenvalue weighted by Crippen LogP contribution is 2.57. The molecular formula is C14H16O3. The Morgan fingerprint density at radius 2 is 2.12 bits per heavy atom. The highest BCUT2D eigenvalue weighted by atomic mass is 16.5. The van der Waals surface area contributed by atoms with Crippen LogP contribution >= 0.6 is 0 Å². The summed E-state index contributed by atoms with van der Waals surface area (Å²) in [5.74, 6) is 0.696. The molecule has 0 aromatic heterocycles. The molecule has 3 nitrogen and oxygen atoms in total. The van der Waals surface area contributed by atoms with Crippen LogP contribution in [0.3, 0.4) is 0 Å². The lowest BCUT2D eigenvalue weighted by Gasteiger charge is -2.40. The highest BCUT2D eigenvalue weighted by Gasteiger charge is 2.58. The molecule has 0 amide bonds. The number of esters is 1. The first-order valence-electron chi connectivity index (χ1n) is 6.08. The van der Waals surface area contributed by atoms with Crippen LogP contribution in [0.4, 0.5) is 0 Å². The SMILES string of the molecule is COC(=O)[C@]1(C)C=CC(=O)[C@H]2[C@@H]1[C@H]1C=C[C@@H]2C1. The van der Waals surface area contributed by atoms with Crippen molar-refractivity contribution >= 4 is 11.8 Å². The Balaban J connectivity index is 2.07. The van der Waals surface area contributed by atoms with E-state index in [0.717, 1.165) is 6.42 Å². The van der Waals surface area contributed by atoms with Gasteiger partial charge in [-0.3, -0.25) is 9.59 Å². The number of hydrogen-bond donors (Lipinski definition) is 0. The summed E-state index contributed by atoms with van der Waals surface area (Å²) in [6, 6.07) is 0. The third kappa shape index (κ3) is 1.22.